The fraction of sp³-hybridized carbons (Fsp3) is 0.0714. The average molecular weight is 388 g/mol. The smallest absolute Gasteiger partial charge is 0.262 e. The van der Waals surface area contributed by atoms with Crippen LogP contribution in [-0.2, 0) is 4.79 Å². The number of para-hydroxylation sites is 1. The second kappa shape index (κ2) is 6.77. The summed E-state index contributed by atoms with van der Waals surface area (Å²) in [5.41, 5.74) is 0.780. The van der Waals surface area contributed by atoms with Crippen molar-refractivity contribution in [1.82, 2.24) is 0 Å². The normalized spacial score (nSPS) is 10.0. The molecule has 2 aromatic rings. The highest BCUT2D eigenvalue weighted by Gasteiger charge is 2.06. The third kappa shape index (κ3) is 4.40. The van der Waals surface area contributed by atoms with Gasteiger partial charge in [0.05, 0.1) is 5.69 Å². The van der Waals surface area contributed by atoms with Crippen LogP contribution in [0, 0.1) is 3.57 Å². The molecule has 3 nitrogen and oxygen atoms in total. The molecule has 2 aromatic carbocycles. The first-order valence-electron chi connectivity index (χ1n) is 5.58. The molecule has 19 heavy (non-hydrogen) atoms. The maximum atomic E-state index is 11.8. The van der Waals surface area contributed by atoms with E-state index in [0.29, 0.717) is 10.8 Å². The summed E-state index contributed by atoms with van der Waals surface area (Å²) in [5.74, 6) is 0.370. The standard InChI is InChI=1S/C14H11ClINO2/c15-10-4-3-5-11(8-10)19-9-14(18)17-13-7-2-1-6-12(13)16/h1-8H,9H2,(H,17,18). The van der Waals surface area contributed by atoms with Gasteiger partial charge in [0.1, 0.15) is 5.75 Å². The number of nitrogens with one attached hydrogen (secondary N) is 1. The van der Waals surface area contributed by atoms with E-state index in [2.05, 4.69) is 27.9 Å². The van der Waals surface area contributed by atoms with Crippen molar-refractivity contribution in [1.29, 1.82) is 0 Å². The van der Waals surface area contributed by atoms with Gasteiger partial charge in [0, 0.05) is 8.59 Å². The number of carbonyl (C=O) groups is 1. The molecular formula is C14H11ClINO2. The van der Waals surface area contributed by atoms with E-state index in [1.165, 1.54) is 0 Å². The van der Waals surface area contributed by atoms with Crippen molar-refractivity contribution in [2.75, 3.05) is 11.9 Å². The van der Waals surface area contributed by atoms with Gasteiger partial charge >= 0.3 is 0 Å². The number of benzene rings is 2. The van der Waals surface area contributed by atoms with Gasteiger partial charge in [-0.1, -0.05) is 29.8 Å². The summed E-state index contributed by atoms with van der Waals surface area (Å²) >= 11 is 7.99. The average Bonchev–Trinajstić information content (AvgIpc) is 2.39. The Labute approximate surface area is 130 Å². The van der Waals surface area contributed by atoms with Gasteiger partial charge in [0.25, 0.3) is 5.91 Å². The van der Waals surface area contributed by atoms with Crippen LogP contribution in [0.1, 0.15) is 0 Å². The largest absolute Gasteiger partial charge is 0.484 e. The minimum atomic E-state index is -0.205. The van der Waals surface area contributed by atoms with Crippen molar-refractivity contribution in [2.45, 2.75) is 0 Å². The van der Waals surface area contributed by atoms with Crippen molar-refractivity contribution in [3.05, 3.63) is 57.1 Å². The summed E-state index contributed by atoms with van der Waals surface area (Å²) < 4.78 is 6.34. The number of halogens is 2. The molecule has 0 fully saturated rings. The lowest BCUT2D eigenvalue weighted by Gasteiger charge is -2.08. The molecule has 0 aliphatic heterocycles. The monoisotopic (exact) mass is 387 g/mol. The number of anilines is 1. The first kappa shape index (κ1) is 14.1. The van der Waals surface area contributed by atoms with Gasteiger partial charge in [0.15, 0.2) is 6.61 Å². The molecule has 0 aliphatic rings. The van der Waals surface area contributed by atoms with E-state index >= 15 is 0 Å². The third-order valence-electron chi connectivity index (χ3n) is 2.31. The summed E-state index contributed by atoms with van der Waals surface area (Å²) in [6, 6.07) is 14.5. The Kier molecular flexibility index (Phi) is 5.04. The Balaban J connectivity index is 1.90. The predicted octanol–water partition coefficient (Wildman–Crippen LogP) is 3.96. The van der Waals surface area contributed by atoms with E-state index in [0.717, 1.165) is 9.26 Å². The van der Waals surface area contributed by atoms with Crippen LogP contribution >= 0.6 is 34.2 Å². The number of carbonyl (C=O) groups excluding carboxylic acids is 1. The van der Waals surface area contributed by atoms with Gasteiger partial charge in [-0.3, -0.25) is 4.79 Å². The molecule has 0 saturated carbocycles. The highest BCUT2D eigenvalue weighted by molar-refractivity contribution is 14.1. The summed E-state index contributed by atoms with van der Waals surface area (Å²) in [6.45, 7) is -0.0503. The zero-order chi connectivity index (χ0) is 13.7. The van der Waals surface area contributed by atoms with Crippen LogP contribution in [-0.4, -0.2) is 12.5 Å². The highest BCUT2D eigenvalue weighted by atomic mass is 127. The molecule has 0 atom stereocenters. The topological polar surface area (TPSA) is 38.3 Å². The summed E-state index contributed by atoms with van der Waals surface area (Å²) in [7, 11) is 0. The Bertz CT molecular complexity index is 589. The van der Waals surface area contributed by atoms with Gasteiger partial charge in [-0.05, 0) is 52.9 Å². The lowest BCUT2D eigenvalue weighted by Crippen LogP contribution is -2.20. The SMILES string of the molecule is O=C(COc1cccc(Cl)c1)Nc1ccccc1I. The second-order valence-corrected chi connectivity index (χ2v) is 5.37. The van der Waals surface area contributed by atoms with Gasteiger partial charge < -0.3 is 10.1 Å². The predicted molar refractivity (Wildman–Crippen MR) is 84.7 cm³/mol. The van der Waals surface area contributed by atoms with E-state index in [1.807, 2.05) is 24.3 Å². The summed E-state index contributed by atoms with van der Waals surface area (Å²) in [6.07, 6.45) is 0. The number of amides is 1. The van der Waals surface area contributed by atoms with Crippen molar-refractivity contribution in [3.8, 4) is 5.75 Å². The van der Waals surface area contributed by atoms with Crippen molar-refractivity contribution in [2.24, 2.45) is 0 Å². The number of hydrogen-bond acceptors (Lipinski definition) is 2. The first-order valence-corrected chi connectivity index (χ1v) is 7.03. The Morgan fingerprint density at radius 1 is 1.21 bits per heavy atom. The number of hydrogen-bond donors (Lipinski definition) is 1. The minimum Gasteiger partial charge on any atom is -0.484 e. The van der Waals surface area contributed by atoms with Gasteiger partial charge in [-0.15, -0.1) is 0 Å². The van der Waals surface area contributed by atoms with Gasteiger partial charge in [-0.2, -0.15) is 0 Å². The highest BCUT2D eigenvalue weighted by Crippen LogP contribution is 2.18. The molecule has 1 amide bonds. The molecule has 0 aromatic heterocycles. The molecule has 98 valence electrons. The first-order chi connectivity index (χ1) is 9.15. The van der Waals surface area contributed by atoms with Crippen LogP contribution < -0.4 is 10.1 Å². The van der Waals surface area contributed by atoms with E-state index in [-0.39, 0.29) is 12.5 Å². The summed E-state index contributed by atoms with van der Waals surface area (Å²) in [4.78, 5) is 11.8. The molecule has 5 heteroatoms. The van der Waals surface area contributed by atoms with Gasteiger partial charge in [-0.25, -0.2) is 0 Å². The molecule has 0 aliphatic carbocycles. The molecule has 0 saturated heterocycles. The van der Waals surface area contributed by atoms with E-state index in [4.69, 9.17) is 16.3 Å². The van der Waals surface area contributed by atoms with Crippen LogP contribution in [0.2, 0.25) is 5.02 Å². The van der Waals surface area contributed by atoms with E-state index in [1.54, 1.807) is 24.3 Å². The van der Waals surface area contributed by atoms with Crippen molar-refractivity contribution in [3.63, 3.8) is 0 Å². The fourth-order valence-electron chi connectivity index (χ4n) is 1.45. The zero-order valence-electron chi connectivity index (χ0n) is 9.90. The Morgan fingerprint density at radius 3 is 2.74 bits per heavy atom. The minimum absolute atomic E-state index is 0.0503. The second-order valence-electron chi connectivity index (χ2n) is 3.77. The Morgan fingerprint density at radius 2 is 2.00 bits per heavy atom. The van der Waals surface area contributed by atoms with Crippen LogP contribution in [0.4, 0.5) is 5.69 Å². The van der Waals surface area contributed by atoms with E-state index < -0.39 is 0 Å². The van der Waals surface area contributed by atoms with E-state index in [9.17, 15) is 4.79 Å². The molecule has 0 radical (unpaired) electrons. The van der Waals surface area contributed by atoms with Crippen LogP contribution in [0.5, 0.6) is 5.75 Å². The summed E-state index contributed by atoms with van der Waals surface area (Å²) in [5, 5.41) is 3.37. The van der Waals surface area contributed by atoms with Crippen molar-refractivity contribution < 1.29 is 9.53 Å². The molecule has 0 bridgehead atoms. The molecule has 1 N–H and O–H groups in total. The zero-order valence-corrected chi connectivity index (χ0v) is 12.8. The maximum absolute atomic E-state index is 11.8. The number of rotatable bonds is 4. The fourth-order valence-corrected chi connectivity index (χ4v) is 2.16. The lowest BCUT2D eigenvalue weighted by molar-refractivity contribution is -0.118. The molecule has 0 spiro atoms. The number of ether oxygens (including phenoxy) is 1. The van der Waals surface area contributed by atoms with Crippen LogP contribution in [0.15, 0.2) is 48.5 Å². The maximum Gasteiger partial charge on any atom is 0.262 e. The molecule has 0 unspecified atom stereocenters. The quantitative estimate of drug-likeness (QED) is 0.807. The lowest BCUT2D eigenvalue weighted by atomic mass is 10.3. The molecular weight excluding hydrogens is 377 g/mol. The Hall–Kier alpha value is -1.27. The molecule has 0 heterocycles. The van der Waals surface area contributed by atoms with Crippen molar-refractivity contribution >= 4 is 45.8 Å². The van der Waals surface area contributed by atoms with Crippen LogP contribution in [0.25, 0.3) is 0 Å². The third-order valence-corrected chi connectivity index (χ3v) is 3.49. The van der Waals surface area contributed by atoms with Gasteiger partial charge in [0.2, 0.25) is 0 Å². The van der Waals surface area contributed by atoms with Crippen LogP contribution in [0.3, 0.4) is 0 Å². The molecule has 2 rings (SSSR count).